The van der Waals surface area contributed by atoms with Crippen LogP contribution < -0.4 is 10.6 Å². The monoisotopic (exact) mass is 308 g/mol. The third kappa shape index (κ3) is 3.89. The van der Waals surface area contributed by atoms with Crippen molar-refractivity contribution in [3.8, 4) is 11.3 Å². The van der Waals surface area contributed by atoms with Crippen molar-refractivity contribution in [1.29, 1.82) is 0 Å². The largest absolute Gasteiger partial charge is 0.464 e. The number of ether oxygens (including phenoxy) is 1. The van der Waals surface area contributed by atoms with Crippen molar-refractivity contribution in [3.05, 3.63) is 23.3 Å². The molecule has 0 aliphatic heterocycles. The van der Waals surface area contributed by atoms with Crippen LogP contribution in [0.25, 0.3) is 11.3 Å². The van der Waals surface area contributed by atoms with E-state index in [0.29, 0.717) is 29.5 Å². The number of rotatable bonds is 6. The molecule has 0 fully saturated rings. The molecule has 0 spiro atoms. The first-order chi connectivity index (χ1) is 10.1. The number of hydrogen-bond donors (Lipinski definition) is 3. The lowest BCUT2D eigenvalue weighted by Gasteiger charge is -2.00. The fourth-order valence-electron chi connectivity index (χ4n) is 1.65. The maximum Gasteiger partial charge on any atom is 0.354 e. The van der Waals surface area contributed by atoms with E-state index in [1.54, 1.807) is 19.3 Å². The normalized spacial score (nSPS) is 10.4. The summed E-state index contributed by atoms with van der Waals surface area (Å²) in [5.41, 5.74) is 1.82. The van der Waals surface area contributed by atoms with Gasteiger partial charge in [-0.25, -0.2) is 9.78 Å². The third-order valence-corrected chi connectivity index (χ3v) is 3.49. The Hall–Kier alpha value is -2.19. The Morgan fingerprint density at radius 1 is 1.48 bits per heavy atom. The Balaban J connectivity index is 2.04. The molecule has 2 aromatic heterocycles. The molecule has 7 nitrogen and oxygen atoms in total. The average Bonchev–Trinajstić information content (AvgIpc) is 3.13. The van der Waals surface area contributed by atoms with Crippen LogP contribution in [0.2, 0.25) is 0 Å². The molecule has 0 saturated heterocycles. The highest BCUT2D eigenvalue weighted by Crippen LogP contribution is 2.25. The van der Waals surface area contributed by atoms with Gasteiger partial charge in [-0.05, 0) is 13.1 Å². The molecule has 0 aliphatic carbocycles. The van der Waals surface area contributed by atoms with E-state index in [1.807, 2.05) is 5.38 Å². The first-order valence-electron chi connectivity index (χ1n) is 6.31. The number of anilines is 1. The molecular formula is C13H16N4O3S. The van der Waals surface area contributed by atoms with Crippen LogP contribution in [0, 0.1) is 0 Å². The molecule has 8 heteroatoms. The van der Waals surface area contributed by atoms with Gasteiger partial charge in [-0.2, -0.15) is 0 Å². The number of esters is 1. The first kappa shape index (κ1) is 15.2. The highest BCUT2D eigenvalue weighted by atomic mass is 32.1. The predicted molar refractivity (Wildman–Crippen MR) is 80.4 cm³/mol. The van der Waals surface area contributed by atoms with Gasteiger partial charge in [0.15, 0.2) is 5.13 Å². The van der Waals surface area contributed by atoms with Crippen LogP contribution in [0.3, 0.4) is 0 Å². The molecule has 0 saturated carbocycles. The minimum atomic E-state index is -0.433. The van der Waals surface area contributed by atoms with Gasteiger partial charge in [0, 0.05) is 30.1 Å². The molecular weight excluding hydrogens is 292 g/mol. The number of amides is 1. The Morgan fingerprint density at radius 3 is 3.00 bits per heavy atom. The van der Waals surface area contributed by atoms with Gasteiger partial charge in [0.2, 0.25) is 5.91 Å². The van der Waals surface area contributed by atoms with Crippen LogP contribution in [0.1, 0.15) is 16.9 Å². The molecule has 0 atom stereocenters. The SMILES string of the molecule is CNCCC(=O)Nc1nc(-c2c[nH]c(C(=O)OC)c2)cs1. The van der Waals surface area contributed by atoms with Gasteiger partial charge in [-0.1, -0.05) is 0 Å². The molecule has 3 N–H and O–H groups in total. The number of nitrogens with one attached hydrogen (secondary N) is 3. The number of carbonyl (C=O) groups excluding carboxylic acids is 2. The molecule has 0 aliphatic rings. The second-order valence-electron chi connectivity index (χ2n) is 4.23. The zero-order chi connectivity index (χ0) is 15.2. The average molecular weight is 308 g/mol. The summed E-state index contributed by atoms with van der Waals surface area (Å²) in [4.78, 5) is 30.1. The summed E-state index contributed by atoms with van der Waals surface area (Å²) in [5.74, 6) is -0.522. The Morgan fingerprint density at radius 2 is 2.29 bits per heavy atom. The highest BCUT2D eigenvalue weighted by molar-refractivity contribution is 7.14. The lowest BCUT2D eigenvalue weighted by molar-refractivity contribution is -0.116. The zero-order valence-corrected chi connectivity index (χ0v) is 12.5. The maximum atomic E-state index is 11.6. The van der Waals surface area contributed by atoms with Crippen molar-refractivity contribution in [2.45, 2.75) is 6.42 Å². The standard InChI is InChI=1S/C13H16N4O3S/c1-14-4-3-11(18)17-13-16-10(7-21-13)8-5-9(15-6-8)12(19)20-2/h5-7,14-15H,3-4H2,1-2H3,(H,16,17,18). The van der Waals surface area contributed by atoms with Crippen LogP contribution >= 0.6 is 11.3 Å². The Labute approximate surface area is 125 Å². The van der Waals surface area contributed by atoms with Gasteiger partial charge < -0.3 is 20.4 Å². The number of aromatic amines is 1. The summed E-state index contributed by atoms with van der Waals surface area (Å²) in [5, 5.41) is 7.99. The topological polar surface area (TPSA) is 96.1 Å². The second kappa shape index (κ2) is 7.00. The van der Waals surface area contributed by atoms with Crippen molar-refractivity contribution >= 4 is 28.3 Å². The van der Waals surface area contributed by atoms with E-state index in [0.717, 1.165) is 5.56 Å². The Bertz CT molecular complexity index is 635. The van der Waals surface area contributed by atoms with Gasteiger partial charge in [0.1, 0.15) is 5.69 Å². The summed E-state index contributed by atoms with van der Waals surface area (Å²) in [6.45, 7) is 0.615. The smallest absolute Gasteiger partial charge is 0.354 e. The molecule has 2 rings (SSSR count). The zero-order valence-electron chi connectivity index (χ0n) is 11.7. The molecule has 1 amide bonds. The van der Waals surface area contributed by atoms with Gasteiger partial charge in [-0.3, -0.25) is 4.79 Å². The molecule has 0 aromatic carbocycles. The van der Waals surface area contributed by atoms with E-state index >= 15 is 0 Å². The lowest BCUT2D eigenvalue weighted by atomic mass is 10.2. The maximum absolute atomic E-state index is 11.6. The minimum Gasteiger partial charge on any atom is -0.464 e. The van der Waals surface area contributed by atoms with Gasteiger partial charge >= 0.3 is 5.97 Å². The molecule has 0 bridgehead atoms. The quantitative estimate of drug-likeness (QED) is 0.702. The number of hydrogen-bond acceptors (Lipinski definition) is 6. The van der Waals surface area contributed by atoms with E-state index in [2.05, 4.69) is 25.3 Å². The summed E-state index contributed by atoms with van der Waals surface area (Å²) in [6, 6.07) is 1.66. The number of H-pyrrole nitrogens is 1. The van der Waals surface area contributed by atoms with Crippen LogP contribution in [0.15, 0.2) is 17.6 Å². The summed E-state index contributed by atoms with van der Waals surface area (Å²) in [7, 11) is 3.12. The second-order valence-corrected chi connectivity index (χ2v) is 5.09. The van der Waals surface area contributed by atoms with E-state index in [-0.39, 0.29) is 5.91 Å². The van der Waals surface area contributed by atoms with Gasteiger partial charge in [0.25, 0.3) is 0 Å². The van der Waals surface area contributed by atoms with Crippen molar-refractivity contribution in [3.63, 3.8) is 0 Å². The minimum absolute atomic E-state index is 0.0884. The third-order valence-electron chi connectivity index (χ3n) is 2.74. The molecule has 0 unspecified atom stereocenters. The number of thiazole rings is 1. The van der Waals surface area contributed by atoms with Crippen molar-refractivity contribution in [2.24, 2.45) is 0 Å². The van der Waals surface area contributed by atoms with Crippen LogP contribution in [0.5, 0.6) is 0 Å². The fraction of sp³-hybridized carbons (Fsp3) is 0.308. The first-order valence-corrected chi connectivity index (χ1v) is 7.19. The Kier molecular flexibility index (Phi) is 5.07. The van der Waals surface area contributed by atoms with Gasteiger partial charge in [-0.15, -0.1) is 11.3 Å². The summed E-state index contributed by atoms with van der Waals surface area (Å²) in [6.07, 6.45) is 2.07. The molecule has 0 radical (unpaired) electrons. The van der Waals surface area contributed by atoms with Gasteiger partial charge in [0.05, 0.1) is 12.8 Å². The van der Waals surface area contributed by atoms with Crippen molar-refractivity contribution in [2.75, 3.05) is 26.0 Å². The van der Waals surface area contributed by atoms with E-state index < -0.39 is 5.97 Å². The lowest BCUT2D eigenvalue weighted by Crippen LogP contribution is -2.18. The molecule has 2 heterocycles. The summed E-state index contributed by atoms with van der Waals surface area (Å²) < 4.78 is 4.63. The molecule has 21 heavy (non-hydrogen) atoms. The predicted octanol–water partition coefficient (Wildman–Crippen LogP) is 1.47. The van der Waals surface area contributed by atoms with Crippen LogP contribution in [-0.2, 0) is 9.53 Å². The van der Waals surface area contributed by atoms with Crippen molar-refractivity contribution in [1.82, 2.24) is 15.3 Å². The fourth-order valence-corrected chi connectivity index (χ4v) is 2.39. The number of nitrogens with zero attached hydrogens (tertiary/aromatic N) is 1. The number of methoxy groups -OCH3 is 1. The summed E-state index contributed by atoms with van der Waals surface area (Å²) >= 11 is 1.34. The number of aromatic nitrogens is 2. The van der Waals surface area contributed by atoms with Crippen molar-refractivity contribution < 1.29 is 14.3 Å². The molecule has 112 valence electrons. The van der Waals surface area contributed by atoms with E-state index in [4.69, 9.17) is 0 Å². The molecule has 2 aromatic rings. The van der Waals surface area contributed by atoms with E-state index in [9.17, 15) is 9.59 Å². The van der Waals surface area contributed by atoms with Crippen LogP contribution in [-0.4, -0.2) is 42.5 Å². The van der Waals surface area contributed by atoms with Crippen LogP contribution in [0.4, 0.5) is 5.13 Å². The van der Waals surface area contributed by atoms with E-state index in [1.165, 1.54) is 18.4 Å². The highest BCUT2D eigenvalue weighted by Gasteiger charge is 2.12. The number of carbonyl (C=O) groups is 2.